The molecule has 0 fully saturated rings. The molecular weight excluding hydrogens is 264 g/mol. The second-order valence-electron chi connectivity index (χ2n) is 5.20. The SMILES string of the molecule is CC(N)C(Oc1ccc2cccnc2c1)c1cnn(C)c1. The molecular formula is C16H18N4O. The Bertz CT molecular complexity index is 751. The van der Waals surface area contributed by atoms with Crippen molar-refractivity contribution in [3.63, 3.8) is 0 Å². The van der Waals surface area contributed by atoms with Crippen molar-refractivity contribution >= 4 is 10.9 Å². The maximum absolute atomic E-state index is 6.07. The maximum Gasteiger partial charge on any atom is 0.141 e. The normalized spacial score (nSPS) is 14.0. The minimum absolute atomic E-state index is 0.145. The van der Waals surface area contributed by atoms with E-state index in [2.05, 4.69) is 10.1 Å². The van der Waals surface area contributed by atoms with Crippen molar-refractivity contribution in [1.82, 2.24) is 14.8 Å². The van der Waals surface area contributed by atoms with Crippen molar-refractivity contribution in [1.29, 1.82) is 0 Å². The highest BCUT2D eigenvalue weighted by atomic mass is 16.5. The fourth-order valence-electron chi connectivity index (χ4n) is 2.33. The number of nitrogens with two attached hydrogens (primary N) is 1. The smallest absolute Gasteiger partial charge is 0.141 e. The van der Waals surface area contributed by atoms with Crippen molar-refractivity contribution in [2.45, 2.75) is 19.1 Å². The Balaban J connectivity index is 1.90. The average Bonchev–Trinajstić information content (AvgIpc) is 2.90. The number of aryl methyl sites for hydroxylation is 1. The molecule has 0 amide bonds. The van der Waals surface area contributed by atoms with Gasteiger partial charge in [-0.15, -0.1) is 0 Å². The van der Waals surface area contributed by atoms with E-state index in [1.165, 1.54) is 0 Å². The fourth-order valence-corrected chi connectivity index (χ4v) is 2.33. The number of nitrogens with zero attached hydrogens (tertiary/aromatic N) is 3. The molecule has 0 bridgehead atoms. The molecule has 2 unspecified atom stereocenters. The second kappa shape index (κ2) is 5.54. The van der Waals surface area contributed by atoms with Gasteiger partial charge in [0.15, 0.2) is 0 Å². The van der Waals surface area contributed by atoms with Gasteiger partial charge in [-0.05, 0) is 25.1 Å². The van der Waals surface area contributed by atoms with Gasteiger partial charge in [0.2, 0.25) is 0 Å². The molecule has 108 valence electrons. The quantitative estimate of drug-likeness (QED) is 0.798. The summed E-state index contributed by atoms with van der Waals surface area (Å²) in [6, 6.07) is 9.67. The van der Waals surface area contributed by atoms with Crippen molar-refractivity contribution in [3.8, 4) is 5.75 Å². The van der Waals surface area contributed by atoms with Crippen LogP contribution in [0, 0.1) is 0 Å². The summed E-state index contributed by atoms with van der Waals surface area (Å²) in [6.45, 7) is 1.93. The van der Waals surface area contributed by atoms with Gasteiger partial charge in [0.1, 0.15) is 11.9 Å². The molecule has 1 aromatic carbocycles. The maximum atomic E-state index is 6.07. The summed E-state index contributed by atoms with van der Waals surface area (Å²) in [5.74, 6) is 0.757. The van der Waals surface area contributed by atoms with E-state index in [9.17, 15) is 0 Å². The third-order valence-electron chi connectivity index (χ3n) is 3.37. The Kier molecular flexibility index (Phi) is 3.58. The molecule has 0 saturated heterocycles. The highest BCUT2D eigenvalue weighted by Gasteiger charge is 2.20. The lowest BCUT2D eigenvalue weighted by molar-refractivity contribution is 0.180. The standard InChI is InChI=1S/C16H18N4O/c1-11(17)16(13-9-19-20(2)10-13)21-14-6-5-12-4-3-7-18-15(12)8-14/h3-11,16H,17H2,1-2H3. The fraction of sp³-hybridized carbons (Fsp3) is 0.250. The Morgan fingerprint density at radius 1 is 1.29 bits per heavy atom. The number of benzene rings is 1. The molecule has 3 aromatic rings. The third-order valence-corrected chi connectivity index (χ3v) is 3.37. The molecule has 5 heteroatoms. The van der Waals surface area contributed by atoms with E-state index < -0.39 is 0 Å². The lowest BCUT2D eigenvalue weighted by Crippen LogP contribution is -2.28. The van der Waals surface area contributed by atoms with Gasteiger partial charge in [0.05, 0.1) is 11.7 Å². The molecule has 0 aliphatic rings. The largest absolute Gasteiger partial charge is 0.484 e. The van der Waals surface area contributed by atoms with Crippen LogP contribution in [0.3, 0.4) is 0 Å². The van der Waals surface area contributed by atoms with E-state index in [0.29, 0.717) is 0 Å². The number of ether oxygens (including phenoxy) is 1. The van der Waals surface area contributed by atoms with Gasteiger partial charge in [0.25, 0.3) is 0 Å². The molecule has 2 atom stereocenters. The van der Waals surface area contributed by atoms with E-state index in [0.717, 1.165) is 22.2 Å². The molecule has 0 aliphatic heterocycles. The van der Waals surface area contributed by atoms with Crippen LogP contribution in [0.5, 0.6) is 5.75 Å². The van der Waals surface area contributed by atoms with Gasteiger partial charge in [-0.25, -0.2) is 0 Å². The molecule has 2 aromatic heterocycles. The monoisotopic (exact) mass is 282 g/mol. The second-order valence-corrected chi connectivity index (χ2v) is 5.20. The number of rotatable bonds is 4. The third kappa shape index (κ3) is 2.87. The van der Waals surface area contributed by atoms with Crippen LogP contribution in [-0.2, 0) is 7.05 Å². The number of fused-ring (bicyclic) bond motifs is 1. The van der Waals surface area contributed by atoms with Crippen LogP contribution in [0.15, 0.2) is 48.9 Å². The van der Waals surface area contributed by atoms with Gasteiger partial charge < -0.3 is 10.5 Å². The lowest BCUT2D eigenvalue weighted by atomic mass is 10.1. The minimum atomic E-state index is -0.236. The van der Waals surface area contributed by atoms with Crippen molar-refractivity contribution in [2.75, 3.05) is 0 Å². The predicted octanol–water partition coefficient (Wildman–Crippen LogP) is 2.44. The number of aromatic nitrogens is 3. The molecule has 0 saturated carbocycles. The van der Waals surface area contributed by atoms with E-state index in [1.807, 2.05) is 50.5 Å². The highest BCUT2D eigenvalue weighted by Crippen LogP contribution is 2.26. The zero-order valence-corrected chi connectivity index (χ0v) is 12.1. The van der Waals surface area contributed by atoms with E-state index in [4.69, 9.17) is 10.5 Å². The molecule has 5 nitrogen and oxygen atoms in total. The zero-order valence-electron chi connectivity index (χ0n) is 12.1. The minimum Gasteiger partial charge on any atom is -0.484 e. The van der Waals surface area contributed by atoms with Crippen LogP contribution in [0.2, 0.25) is 0 Å². The molecule has 2 heterocycles. The van der Waals surface area contributed by atoms with Gasteiger partial charge in [-0.2, -0.15) is 5.10 Å². The predicted molar refractivity (Wildman–Crippen MR) is 82.0 cm³/mol. The summed E-state index contributed by atoms with van der Waals surface area (Å²) in [4.78, 5) is 4.34. The highest BCUT2D eigenvalue weighted by molar-refractivity contribution is 5.79. The summed E-state index contributed by atoms with van der Waals surface area (Å²) in [6.07, 6.45) is 5.25. The Labute approximate surface area is 123 Å². The molecule has 0 radical (unpaired) electrons. The first-order chi connectivity index (χ1) is 10.1. The summed E-state index contributed by atoms with van der Waals surface area (Å²) in [5, 5.41) is 5.27. The van der Waals surface area contributed by atoms with Crippen molar-refractivity contribution in [2.24, 2.45) is 12.8 Å². The summed E-state index contributed by atoms with van der Waals surface area (Å²) < 4.78 is 7.81. The number of hydrogen-bond acceptors (Lipinski definition) is 4. The van der Waals surface area contributed by atoms with E-state index >= 15 is 0 Å². The van der Waals surface area contributed by atoms with Gasteiger partial charge in [-0.1, -0.05) is 6.07 Å². The van der Waals surface area contributed by atoms with Crippen LogP contribution in [0.25, 0.3) is 10.9 Å². The van der Waals surface area contributed by atoms with E-state index in [-0.39, 0.29) is 12.1 Å². The van der Waals surface area contributed by atoms with Gasteiger partial charge in [0, 0.05) is 42.5 Å². The first-order valence-electron chi connectivity index (χ1n) is 6.89. The van der Waals surface area contributed by atoms with Crippen LogP contribution in [-0.4, -0.2) is 20.8 Å². The van der Waals surface area contributed by atoms with Crippen molar-refractivity contribution < 1.29 is 4.74 Å². The topological polar surface area (TPSA) is 66.0 Å². The lowest BCUT2D eigenvalue weighted by Gasteiger charge is -2.21. The summed E-state index contributed by atoms with van der Waals surface area (Å²) in [7, 11) is 1.88. The molecule has 2 N–H and O–H groups in total. The first-order valence-corrected chi connectivity index (χ1v) is 6.89. The van der Waals surface area contributed by atoms with Gasteiger partial charge in [-0.3, -0.25) is 9.67 Å². The van der Waals surface area contributed by atoms with Crippen LogP contribution >= 0.6 is 0 Å². The molecule has 0 spiro atoms. The Morgan fingerprint density at radius 3 is 2.86 bits per heavy atom. The van der Waals surface area contributed by atoms with Crippen LogP contribution in [0.4, 0.5) is 0 Å². The van der Waals surface area contributed by atoms with Crippen LogP contribution < -0.4 is 10.5 Å². The molecule has 21 heavy (non-hydrogen) atoms. The summed E-state index contributed by atoms with van der Waals surface area (Å²) >= 11 is 0. The Morgan fingerprint density at radius 2 is 2.14 bits per heavy atom. The van der Waals surface area contributed by atoms with Gasteiger partial charge >= 0.3 is 0 Å². The average molecular weight is 282 g/mol. The van der Waals surface area contributed by atoms with Crippen LogP contribution in [0.1, 0.15) is 18.6 Å². The van der Waals surface area contributed by atoms with Crippen molar-refractivity contribution in [3.05, 3.63) is 54.5 Å². The molecule has 3 rings (SSSR count). The number of hydrogen-bond donors (Lipinski definition) is 1. The number of pyridine rings is 1. The first kappa shape index (κ1) is 13.6. The summed E-state index contributed by atoms with van der Waals surface area (Å²) in [5.41, 5.74) is 7.93. The molecule has 0 aliphatic carbocycles. The zero-order chi connectivity index (χ0) is 14.8. The Hall–Kier alpha value is -2.40. The van der Waals surface area contributed by atoms with E-state index in [1.54, 1.807) is 17.1 Å².